The van der Waals surface area contributed by atoms with Crippen LogP contribution in [0.4, 0.5) is 5.82 Å². The molecule has 112 valence electrons. The SMILES string of the molecule is Cc1ncc(-c2cc(C(C)CC(=O)O)nc(N)c2C#N)cn1. The first-order valence-corrected chi connectivity index (χ1v) is 6.63. The lowest BCUT2D eigenvalue weighted by Gasteiger charge is -2.13. The van der Waals surface area contributed by atoms with E-state index < -0.39 is 5.97 Å². The number of aromatic nitrogens is 3. The number of anilines is 1. The van der Waals surface area contributed by atoms with Crippen LogP contribution < -0.4 is 5.73 Å². The number of hydrogen-bond donors (Lipinski definition) is 2. The summed E-state index contributed by atoms with van der Waals surface area (Å²) in [4.78, 5) is 23.2. The molecule has 2 aromatic rings. The van der Waals surface area contributed by atoms with Crippen molar-refractivity contribution in [3.05, 3.63) is 35.5 Å². The predicted octanol–water partition coefficient (Wildman–Crippen LogP) is 1.88. The average molecular weight is 297 g/mol. The fourth-order valence-corrected chi connectivity index (χ4v) is 2.08. The lowest BCUT2D eigenvalue weighted by atomic mass is 9.97. The molecule has 0 amide bonds. The van der Waals surface area contributed by atoms with Gasteiger partial charge in [0.15, 0.2) is 0 Å². The number of nitrogens with two attached hydrogens (primary N) is 1. The van der Waals surface area contributed by atoms with Gasteiger partial charge in [0, 0.05) is 35.1 Å². The highest BCUT2D eigenvalue weighted by atomic mass is 16.4. The van der Waals surface area contributed by atoms with Gasteiger partial charge in [0.1, 0.15) is 23.3 Å². The smallest absolute Gasteiger partial charge is 0.304 e. The van der Waals surface area contributed by atoms with Crippen molar-refractivity contribution in [2.24, 2.45) is 0 Å². The highest BCUT2D eigenvalue weighted by molar-refractivity contribution is 5.75. The van der Waals surface area contributed by atoms with E-state index in [-0.39, 0.29) is 23.7 Å². The van der Waals surface area contributed by atoms with Crippen molar-refractivity contribution in [2.45, 2.75) is 26.2 Å². The second-order valence-corrected chi connectivity index (χ2v) is 4.98. The third-order valence-electron chi connectivity index (χ3n) is 3.26. The van der Waals surface area contributed by atoms with Crippen LogP contribution in [0.1, 0.15) is 36.3 Å². The molecule has 0 radical (unpaired) electrons. The average Bonchev–Trinajstić information content (AvgIpc) is 2.46. The van der Waals surface area contributed by atoms with Crippen LogP contribution >= 0.6 is 0 Å². The summed E-state index contributed by atoms with van der Waals surface area (Å²) in [6, 6.07) is 3.70. The van der Waals surface area contributed by atoms with Gasteiger partial charge in [-0.15, -0.1) is 0 Å². The molecular formula is C15H15N5O2. The molecule has 0 saturated carbocycles. The Kier molecular flexibility index (Phi) is 4.32. The molecular weight excluding hydrogens is 282 g/mol. The van der Waals surface area contributed by atoms with Crippen LogP contribution in [-0.2, 0) is 4.79 Å². The summed E-state index contributed by atoms with van der Waals surface area (Å²) in [5.74, 6) is -0.549. The minimum Gasteiger partial charge on any atom is -0.481 e. The minimum atomic E-state index is -0.919. The summed E-state index contributed by atoms with van der Waals surface area (Å²) in [6.45, 7) is 3.51. The van der Waals surface area contributed by atoms with E-state index in [2.05, 4.69) is 15.0 Å². The molecule has 1 atom stereocenters. The number of aliphatic carboxylic acids is 1. The molecule has 22 heavy (non-hydrogen) atoms. The molecule has 1 unspecified atom stereocenters. The summed E-state index contributed by atoms with van der Waals surface area (Å²) in [6.07, 6.45) is 3.13. The van der Waals surface area contributed by atoms with Gasteiger partial charge < -0.3 is 10.8 Å². The van der Waals surface area contributed by atoms with Gasteiger partial charge in [0.2, 0.25) is 0 Å². The lowest BCUT2D eigenvalue weighted by Crippen LogP contribution is -2.08. The third kappa shape index (κ3) is 3.17. The molecule has 0 aromatic carbocycles. The Morgan fingerprint density at radius 1 is 1.45 bits per heavy atom. The second kappa shape index (κ2) is 6.18. The van der Waals surface area contributed by atoms with E-state index >= 15 is 0 Å². The van der Waals surface area contributed by atoms with E-state index in [4.69, 9.17) is 10.8 Å². The number of pyridine rings is 1. The Bertz CT molecular complexity index is 750. The Morgan fingerprint density at radius 2 is 2.09 bits per heavy atom. The van der Waals surface area contributed by atoms with Crippen molar-refractivity contribution in [1.29, 1.82) is 5.26 Å². The largest absolute Gasteiger partial charge is 0.481 e. The van der Waals surface area contributed by atoms with Gasteiger partial charge in [-0.1, -0.05) is 6.92 Å². The summed E-state index contributed by atoms with van der Waals surface area (Å²) >= 11 is 0. The van der Waals surface area contributed by atoms with E-state index in [1.54, 1.807) is 32.3 Å². The van der Waals surface area contributed by atoms with E-state index in [1.807, 2.05) is 6.07 Å². The van der Waals surface area contributed by atoms with Crippen LogP contribution in [-0.4, -0.2) is 26.0 Å². The number of carboxylic acids is 1. The first-order valence-electron chi connectivity index (χ1n) is 6.63. The zero-order chi connectivity index (χ0) is 16.3. The second-order valence-electron chi connectivity index (χ2n) is 4.98. The normalized spacial score (nSPS) is 11.7. The van der Waals surface area contributed by atoms with Crippen LogP contribution in [0.25, 0.3) is 11.1 Å². The van der Waals surface area contributed by atoms with Crippen molar-refractivity contribution >= 4 is 11.8 Å². The molecule has 0 spiro atoms. The van der Waals surface area contributed by atoms with E-state index in [0.717, 1.165) is 0 Å². The Labute approximate surface area is 127 Å². The minimum absolute atomic E-state index is 0.0673. The standard InChI is InChI=1S/C15H15N5O2/c1-8(3-14(21)22)13-4-11(12(5-16)15(17)20-13)10-6-18-9(2)19-7-10/h4,6-8H,3H2,1-2H3,(H2,17,20)(H,21,22). The molecule has 3 N–H and O–H groups in total. The molecule has 0 aliphatic rings. The summed E-state index contributed by atoms with van der Waals surface area (Å²) in [7, 11) is 0. The predicted molar refractivity (Wildman–Crippen MR) is 79.8 cm³/mol. The van der Waals surface area contributed by atoms with Gasteiger partial charge in [-0.05, 0) is 13.0 Å². The van der Waals surface area contributed by atoms with Gasteiger partial charge in [0.25, 0.3) is 0 Å². The number of carboxylic acid groups (broad SMARTS) is 1. The fraction of sp³-hybridized carbons (Fsp3) is 0.267. The fourth-order valence-electron chi connectivity index (χ4n) is 2.08. The van der Waals surface area contributed by atoms with Gasteiger partial charge in [-0.3, -0.25) is 4.79 Å². The quantitative estimate of drug-likeness (QED) is 0.882. The van der Waals surface area contributed by atoms with Crippen LogP contribution in [0.3, 0.4) is 0 Å². The van der Waals surface area contributed by atoms with E-state index in [0.29, 0.717) is 22.6 Å². The number of rotatable bonds is 4. The number of aryl methyl sites for hydroxylation is 1. The van der Waals surface area contributed by atoms with Crippen LogP contribution in [0.15, 0.2) is 18.5 Å². The lowest BCUT2D eigenvalue weighted by molar-refractivity contribution is -0.137. The summed E-state index contributed by atoms with van der Waals surface area (Å²) < 4.78 is 0. The summed E-state index contributed by atoms with van der Waals surface area (Å²) in [5, 5.41) is 18.2. The Balaban J connectivity index is 2.56. The number of nitriles is 1. The molecule has 2 aromatic heterocycles. The Morgan fingerprint density at radius 3 is 2.64 bits per heavy atom. The maximum absolute atomic E-state index is 10.9. The van der Waals surface area contributed by atoms with Crippen molar-refractivity contribution < 1.29 is 9.90 Å². The molecule has 0 aliphatic heterocycles. The van der Waals surface area contributed by atoms with Crippen molar-refractivity contribution in [1.82, 2.24) is 15.0 Å². The van der Waals surface area contributed by atoms with Crippen molar-refractivity contribution in [3.63, 3.8) is 0 Å². The first kappa shape index (κ1) is 15.4. The number of carbonyl (C=O) groups is 1. The molecule has 2 heterocycles. The zero-order valence-corrected chi connectivity index (χ0v) is 12.2. The van der Waals surface area contributed by atoms with Gasteiger partial charge in [-0.2, -0.15) is 5.26 Å². The zero-order valence-electron chi connectivity index (χ0n) is 12.2. The van der Waals surface area contributed by atoms with E-state index in [9.17, 15) is 10.1 Å². The molecule has 2 rings (SSSR count). The third-order valence-corrected chi connectivity index (χ3v) is 3.26. The molecule has 7 heteroatoms. The molecule has 0 saturated heterocycles. The highest BCUT2D eigenvalue weighted by Gasteiger charge is 2.18. The first-order chi connectivity index (χ1) is 10.4. The van der Waals surface area contributed by atoms with Gasteiger partial charge in [0.05, 0.1) is 6.42 Å². The molecule has 0 fully saturated rings. The number of hydrogen-bond acceptors (Lipinski definition) is 6. The maximum Gasteiger partial charge on any atom is 0.304 e. The monoisotopic (exact) mass is 297 g/mol. The number of nitrogens with zero attached hydrogens (tertiary/aromatic N) is 4. The topological polar surface area (TPSA) is 126 Å². The van der Waals surface area contributed by atoms with Crippen LogP contribution in [0, 0.1) is 18.3 Å². The van der Waals surface area contributed by atoms with Crippen molar-refractivity contribution in [3.8, 4) is 17.2 Å². The molecule has 0 aliphatic carbocycles. The van der Waals surface area contributed by atoms with Crippen LogP contribution in [0.2, 0.25) is 0 Å². The van der Waals surface area contributed by atoms with Gasteiger partial charge >= 0.3 is 5.97 Å². The van der Waals surface area contributed by atoms with Crippen LogP contribution in [0.5, 0.6) is 0 Å². The summed E-state index contributed by atoms with van der Waals surface area (Å²) in [5.41, 5.74) is 7.80. The maximum atomic E-state index is 10.9. The van der Waals surface area contributed by atoms with Gasteiger partial charge in [-0.25, -0.2) is 15.0 Å². The molecule has 7 nitrogen and oxygen atoms in total. The van der Waals surface area contributed by atoms with E-state index in [1.165, 1.54) is 0 Å². The van der Waals surface area contributed by atoms with Crippen molar-refractivity contribution in [2.75, 3.05) is 5.73 Å². The Hall–Kier alpha value is -3.01. The highest BCUT2D eigenvalue weighted by Crippen LogP contribution is 2.29. The molecule has 0 bridgehead atoms. The number of nitrogen functional groups attached to an aromatic ring is 1.